The molecule has 0 saturated carbocycles. The second-order valence-corrected chi connectivity index (χ2v) is 4.14. The summed E-state index contributed by atoms with van der Waals surface area (Å²) >= 11 is 0. The van der Waals surface area contributed by atoms with Gasteiger partial charge in [-0.2, -0.15) is 5.10 Å². The van der Waals surface area contributed by atoms with E-state index in [-0.39, 0.29) is 5.78 Å². The molecular formula is C12H12N4O. The van der Waals surface area contributed by atoms with E-state index in [0.717, 1.165) is 29.8 Å². The molecule has 0 radical (unpaired) electrons. The fraction of sp³-hybridized carbons (Fsp3) is 0.333. The lowest BCUT2D eigenvalue weighted by Gasteiger charge is -2.11. The van der Waals surface area contributed by atoms with Crippen molar-refractivity contribution in [3.05, 3.63) is 35.4 Å². The summed E-state index contributed by atoms with van der Waals surface area (Å²) in [7, 11) is 0. The fourth-order valence-electron chi connectivity index (χ4n) is 2.28. The molecule has 86 valence electrons. The lowest BCUT2D eigenvalue weighted by atomic mass is 9.95. The molecule has 5 nitrogen and oxygen atoms in total. The number of rotatable bonds is 1. The summed E-state index contributed by atoms with van der Waals surface area (Å²) in [6.45, 7) is 1.86. The summed E-state index contributed by atoms with van der Waals surface area (Å²) in [6.07, 6.45) is 5.71. The van der Waals surface area contributed by atoms with Gasteiger partial charge in [-0.3, -0.25) is 4.79 Å². The first-order valence-corrected chi connectivity index (χ1v) is 5.66. The molecule has 2 heterocycles. The van der Waals surface area contributed by atoms with Crippen LogP contribution in [0, 0.1) is 6.92 Å². The molecule has 5 heteroatoms. The summed E-state index contributed by atoms with van der Waals surface area (Å²) in [5.41, 5.74) is 2.49. The third-order valence-corrected chi connectivity index (χ3v) is 2.99. The largest absolute Gasteiger partial charge is 0.294 e. The van der Waals surface area contributed by atoms with Crippen LogP contribution >= 0.6 is 0 Å². The molecule has 2 aromatic heterocycles. The summed E-state index contributed by atoms with van der Waals surface area (Å²) in [5.74, 6) is 0.720. The minimum Gasteiger partial charge on any atom is -0.294 e. The molecule has 2 aromatic rings. The van der Waals surface area contributed by atoms with Gasteiger partial charge >= 0.3 is 0 Å². The van der Waals surface area contributed by atoms with Gasteiger partial charge in [-0.1, -0.05) is 0 Å². The maximum atomic E-state index is 11.9. The molecule has 1 aliphatic carbocycles. The molecule has 0 amide bonds. The van der Waals surface area contributed by atoms with Crippen molar-refractivity contribution in [1.82, 2.24) is 19.7 Å². The lowest BCUT2D eigenvalue weighted by Crippen LogP contribution is -2.14. The summed E-state index contributed by atoms with van der Waals surface area (Å²) in [4.78, 5) is 20.2. The van der Waals surface area contributed by atoms with Crippen LogP contribution in [0.15, 0.2) is 18.5 Å². The summed E-state index contributed by atoms with van der Waals surface area (Å²) < 4.78 is 1.70. The number of carbonyl (C=O) groups is 1. The third kappa shape index (κ3) is 1.54. The Morgan fingerprint density at radius 3 is 2.76 bits per heavy atom. The van der Waals surface area contributed by atoms with E-state index in [1.807, 2.05) is 6.92 Å². The molecule has 3 rings (SSSR count). The number of nitrogens with zero attached hydrogens (tertiary/aromatic N) is 4. The van der Waals surface area contributed by atoms with Crippen molar-refractivity contribution in [2.24, 2.45) is 0 Å². The molecule has 0 aliphatic heterocycles. The summed E-state index contributed by atoms with van der Waals surface area (Å²) in [5, 5.41) is 4.38. The Balaban J connectivity index is 2.20. The second kappa shape index (κ2) is 3.76. The number of ketones is 1. The van der Waals surface area contributed by atoms with Gasteiger partial charge in [-0.15, -0.1) is 0 Å². The fourth-order valence-corrected chi connectivity index (χ4v) is 2.28. The van der Waals surface area contributed by atoms with E-state index in [9.17, 15) is 4.79 Å². The van der Waals surface area contributed by atoms with E-state index in [1.54, 1.807) is 23.1 Å². The van der Waals surface area contributed by atoms with Gasteiger partial charge < -0.3 is 0 Å². The zero-order valence-corrected chi connectivity index (χ0v) is 9.55. The quantitative estimate of drug-likeness (QED) is 0.742. The molecule has 0 fully saturated rings. The number of fused-ring (bicyclic) bond motifs is 1. The Morgan fingerprint density at radius 2 is 2.00 bits per heavy atom. The van der Waals surface area contributed by atoms with E-state index >= 15 is 0 Å². The molecule has 17 heavy (non-hydrogen) atoms. The van der Waals surface area contributed by atoms with Gasteiger partial charge in [-0.05, 0) is 25.8 Å². The van der Waals surface area contributed by atoms with Gasteiger partial charge in [0.1, 0.15) is 0 Å². The van der Waals surface area contributed by atoms with Crippen LogP contribution in [-0.2, 0) is 6.42 Å². The van der Waals surface area contributed by atoms with Crippen molar-refractivity contribution in [3.8, 4) is 5.95 Å². The third-order valence-electron chi connectivity index (χ3n) is 2.99. The standard InChI is InChI=1S/C12H12N4O/c1-8-11-9(4-2-5-10(11)17)16(15-8)12-13-6-3-7-14-12/h3,6-7H,2,4-5H2,1H3. The highest BCUT2D eigenvalue weighted by molar-refractivity contribution is 5.99. The highest BCUT2D eigenvalue weighted by Crippen LogP contribution is 2.25. The minimum absolute atomic E-state index is 0.186. The van der Waals surface area contributed by atoms with Crippen molar-refractivity contribution in [2.75, 3.05) is 0 Å². The number of aryl methyl sites for hydroxylation is 1. The number of aromatic nitrogens is 4. The van der Waals surface area contributed by atoms with Crippen LogP contribution in [0.25, 0.3) is 5.95 Å². The monoisotopic (exact) mass is 228 g/mol. The Bertz CT molecular complexity index is 574. The lowest BCUT2D eigenvalue weighted by molar-refractivity contribution is 0.0971. The molecule has 0 unspecified atom stereocenters. The van der Waals surface area contributed by atoms with E-state index < -0.39 is 0 Å². The van der Waals surface area contributed by atoms with E-state index in [0.29, 0.717) is 12.4 Å². The molecule has 0 atom stereocenters. The van der Waals surface area contributed by atoms with Crippen LogP contribution in [-0.4, -0.2) is 25.5 Å². The van der Waals surface area contributed by atoms with E-state index in [1.165, 1.54) is 0 Å². The highest BCUT2D eigenvalue weighted by Gasteiger charge is 2.26. The zero-order valence-electron chi connectivity index (χ0n) is 9.55. The van der Waals surface area contributed by atoms with Gasteiger partial charge in [0.25, 0.3) is 5.95 Å². The van der Waals surface area contributed by atoms with Crippen molar-refractivity contribution < 1.29 is 4.79 Å². The van der Waals surface area contributed by atoms with Crippen molar-refractivity contribution in [2.45, 2.75) is 26.2 Å². The van der Waals surface area contributed by atoms with Crippen LogP contribution in [0.4, 0.5) is 0 Å². The van der Waals surface area contributed by atoms with Crippen LogP contribution in [0.1, 0.15) is 34.6 Å². The smallest absolute Gasteiger partial charge is 0.250 e. The van der Waals surface area contributed by atoms with Crippen molar-refractivity contribution in [1.29, 1.82) is 0 Å². The Hall–Kier alpha value is -2.04. The van der Waals surface area contributed by atoms with Gasteiger partial charge in [0.15, 0.2) is 5.78 Å². The average molecular weight is 228 g/mol. The first-order chi connectivity index (χ1) is 8.27. The SMILES string of the molecule is Cc1nn(-c2ncccn2)c2c1C(=O)CCC2. The Kier molecular flexibility index (Phi) is 2.24. The molecular weight excluding hydrogens is 216 g/mol. The van der Waals surface area contributed by atoms with E-state index in [4.69, 9.17) is 0 Å². The maximum Gasteiger partial charge on any atom is 0.250 e. The Labute approximate surface area is 98.5 Å². The van der Waals surface area contributed by atoms with E-state index in [2.05, 4.69) is 15.1 Å². The second-order valence-electron chi connectivity index (χ2n) is 4.14. The number of hydrogen-bond acceptors (Lipinski definition) is 4. The highest BCUT2D eigenvalue weighted by atomic mass is 16.1. The number of hydrogen-bond donors (Lipinski definition) is 0. The van der Waals surface area contributed by atoms with Crippen LogP contribution in [0.5, 0.6) is 0 Å². The predicted octanol–water partition coefficient (Wildman–Crippen LogP) is 1.49. The van der Waals surface area contributed by atoms with Gasteiger partial charge in [0.05, 0.1) is 17.0 Å². The summed E-state index contributed by atoms with van der Waals surface area (Å²) in [6, 6.07) is 1.76. The molecule has 0 spiro atoms. The van der Waals surface area contributed by atoms with Crippen LogP contribution in [0.2, 0.25) is 0 Å². The first-order valence-electron chi connectivity index (χ1n) is 5.66. The topological polar surface area (TPSA) is 60.7 Å². The zero-order chi connectivity index (χ0) is 11.8. The van der Waals surface area contributed by atoms with Gasteiger partial charge in [0.2, 0.25) is 0 Å². The van der Waals surface area contributed by atoms with Gasteiger partial charge in [0, 0.05) is 18.8 Å². The first kappa shape index (κ1) is 10.1. The predicted molar refractivity (Wildman–Crippen MR) is 61.2 cm³/mol. The molecule has 0 saturated heterocycles. The van der Waals surface area contributed by atoms with Crippen molar-refractivity contribution >= 4 is 5.78 Å². The minimum atomic E-state index is 0.186. The number of carbonyl (C=O) groups excluding carboxylic acids is 1. The van der Waals surface area contributed by atoms with Gasteiger partial charge in [-0.25, -0.2) is 14.6 Å². The molecule has 1 aliphatic rings. The number of Topliss-reactive ketones (excluding diaryl/α,β-unsaturated/α-hetero) is 1. The van der Waals surface area contributed by atoms with Crippen molar-refractivity contribution in [3.63, 3.8) is 0 Å². The van der Waals surface area contributed by atoms with Crippen LogP contribution in [0.3, 0.4) is 0 Å². The molecule has 0 N–H and O–H groups in total. The molecule has 0 bridgehead atoms. The van der Waals surface area contributed by atoms with Crippen LogP contribution < -0.4 is 0 Å². The normalized spacial score (nSPS) is 14.8. The Morgan fingerprint density at radius 1 is 1.24 bits per heavy atom. The maximum absolute atomic E-state index is 11.9. The average Bonchev–Trinajstić information content (AvgIpc) is 2.69. The molecule has 0 aromatic carbocycles.